The van der Waals surface area contributed by atoms with E-state index in [9.17, 15) is 4.79 Å². The summed E-state index contributed by atoms with van der Waals surface area (Å²) in [6.07, 6.45) is 6.65. The van der Waals surface area contributed by atoms with E-state index in [2.05, 4.69) is 15.5 Å². The molecule has 0 saturated carbocycles. The molecule has 0 aliphatic carbocycles. The van der Waals surface area contributed by atoms with Gasteiger partial charge in [0, 0.05) is 43.3 Å². The third-order valence-corrected chi connectivity index (χ3v) is 5.93. The SMILES string of the molecule is Cn1c(CCNC(=O)C=Cc2cccs2)nnc1SCC1CCCO1. The van der Waals surface area contributed by atoms with Crippen LogP contribution in [0.15, 0.2) is 28.7 Å². The number of aromatic nitrogens is 3. The van der Waals surface area contributed by atoms with E-state index in [1.165, 1.54) is 0 Å². The Morgan fingerprint density at radius 2 is 2.48 bits per heavy atom. The topological polar surface area (TPSA) is 69.0 Å². The van der Waals surface area contributed by atoms with Gasteiger partial charge in [-0.2, -0.15) is 0 Å². The van der Waals surface area contributed by atoms with E-state index >= 15 is 0 Å². The number of thioether (sulfide) groups is 1. The van der Waals surface area contributed by atoms with Crippen LogP contribution in [0.3, 0.4) is 0 Å². The second-order valence-electron chi connectivity index (χ2n) is 5.79. The number of hydrogen-bond acceptors (Lipinski definition) is 6. The molecule has 0 aromatic carbocycles. The predicted molar refractivity (Wildman–Crippen MR) is 101 cm³/mol. The van der Waals surface area contributed by atoms with Crippen LogP contribution in [0.25, 0.3) is 6.08 Å². The lowest BCUT2D eigenvalue weighted by Crippen LogP contribution is -2.24. The normalized spacial score (nSPS) is 17.4. The molecule has 0 spiro atoms. The lowest BCUT2D eigenvalue weighted by molar-refractivity contribution is -0.116. The first-order chi connectivity index (χ1) is 12.2. The van der Waals surface area contributed by atoms with Gasteiger partial charge in [0.2, 0.25) is 5.91 Å². The van der Waals surface area contributed by atoms with E-state index in [1.54, 1.807) is 29.2 Å². The van der Waals surface area contributed by atoms with Crippen molar-refractivity contribution in [3.63, 3.8) is 0 Å². The van der Waals surface area contributed by atoms with E-state index < -0.39 is 0 Å². The molecule has 1 atom stereocenters. The molecule has 1 amide bonds. The van der Waals surface area contributed by atoms with Crippen molar-refractivity contribution in [2.75, 3.05) is 18.9 Å². The van der Waals surface area contributed by atoms with Gasteiger partial charge < -0.3 is 14.6 Å². The average molecular weight is 379 g/mol. The summed E-state index contributed by atoms with van der Waals surface area (Å²) < 4.78 is 7.62. The highest BCUT2D eigenvalue weighted by atomic mass is 32.2. The largest absolute Gasteiger partial charge is 0.377 e. The van der Waals surface area contributed by atoms with Crippen LogP contribution in [-0.4, -0.2) is 45.7 Å². The Bertz CT molecular complexity index is 706. The summed E-state index contributed by atoms with van der Waals surface area (Å²) in [5, 5.41) is 14.2. The van der Waals surface area contributed by atoms with Crippen molar-refractivity contribution in [2.45, 2.75) is 30.5 Å². The van der Waals surface area contributed by atoms with E-state index in [-0.39, 0.29) is 5.91 Å². The third kappa shape index (κ3) is 5.42. The Kier molecular flexibility index (Phi) is 6.66. The summed E-state index contributed by atoms with van der Waals surface area (Å²) in [6, 6.07) is 3.94. The van der Waals surface area contributed by atoms with Gasteiger partial charge in [0.1, 0.15) is 5.82 Å². The van der Waals surface area contributed by atoms with Crippen molar-refractivity contribution in [1.82, 2.24) is 20.1 Å². The summed E-state index contributed by atoms with van der Waals surface area (Å²) in [5.41, 5.74) is 0. The zero-order valence-corrected chi connectivity index (χ0v) is 15.8. The number of hydrogen-bond donors (Lipinski definition) is 1. The van der Waals surface area contributed by atoms with Gasteiger partial charge in [-0.25, -0.2) is 0 Å². The maximum atomic E-state index is 11.8. The van der Waals surface area contributed by atoms with E-state index in [0.29, 0.717) is 19.1 Å². The van der Waals surface area contributed by atoms with Crippen molar-refractivity contribution in [3.05, 3.63) is 34.3 Å². The molecule has 3 rings (SSSR count). The minimum absolute atomic E-state index is 0.0939. The van der Waals surface area contributed by atoms with Gasteiger partial charge in [-0.05, 0) is 30.4 Å². The number of amides is 1. The molecule has 2 aromatic rings. The molecule has 8 heteroatoms. The number of nitrogens with one attached hydrogen (secondary N) is 1. The second-order valence-corrected chi connectivity index (χ2v) is 7.76. The van der Waals surface area contributed by atoms with Crippen LogP contribution in [0.4, 0.5) is 0 Å². The van der Waals surface area contributed by atoms with Crippen LogP contribution < -0.4 is 5.32 Å². The van der Waals surface area contributed by atoms with Crippen molar-refractivity contribution >= 4 is 35.1 Å². The number of thiophene rings is 1. The van der Waals surface area contributed by atoms with Crippen molar-refractivity contribution in [1.29, 1.82) is 0 Å². The molecule has 6 nitrogen and oxygen atoms in total. The Morgan fingerprint density at radius 1 is 1.56 bits per heavy atom. The van der Waals surface area contributed by atoms with Gasteiger partial charge in [0.15, 0.2) is 5.16 Å². The average Bonchev–Trinajstić information content (AvgIpc) is 3.35. The van der Waals surface area contributed by atoms with Crippen LogP contribution in [0.1, 0.15) is 23.5 Å². The Labute approximate surface area is 155 Å². The second kappa shape index (κ2) is 9.17. The fourth-order valence-electron chi connectivity index (χ4n) is 2.53. The minimum Gasteiger partial charge on any atom is -0.377 e. The number of ether oxygens (including phenoxy) is 1. The first kappa shape index (κ1) is 18.2. The highest BCUT2D eigenvalue weighted by Crippen LogP contribution is 2.22. The molecular weight excluding hydrogens is 356 g/mol. The number of nitrogens with zero attached hydrogens (tertiary/aromatic N) is 3. The standard InChI is InChI=1S/C17H22N4O2S2/c1-21-15(19-20-17(21)25-12-13-4-2-10-23-13)8-9-18-16(22)7-6-14-5-3-11-24-14/h3,5-7,11,13H,2,4,8-10,12H2,1H3,(H,18,22). The summed E-state index contributed by atoms with van der Waals surface area (Å²) >= 11 is 3.28. The summed E-state index contributed by atoms with van der Waals surface area (Å²) in [4.78, 5) is 12.9. The van der Waals surface area contributed by atoms with Gasteiger partial charge in [-0.15, -0.1) is 21.5 Å². The van der Waals surface area contributed by atoms with E-state index in [1.807, 2.05) is 35.2 Å². The van der Waals surface area contributed by atoms with Crippen LogP contribution in [0.5, 0.6) is 0 Å². The molecular formula is C17H22N4O2S2. The maximum absolute atomic E-state index is 11.8. The van der Waals surface area contributed by atoms with Gasteiger partial charge in [0.25, 0.3) is 0 Å². The van der Waals surface area contributed by atoms with E-state index in [4.69, 9.17) is 4.74 Å². The molecule has 2 aromatic heterocycles. The Hall–Kier alpha value is -1.64. The number of rotatable bonds is 8. The van der Waals surface area contributed by atoms with Gasteiger partial charge in [-0.3, -0.25) is 4.79 Å². The number of carbonyl (C=O) groups is 1. The number of carbonyl (C=O) groups excluding carboxylic acids is 1. The molecule has 1 fully saturated rings. The minimum atomic E-state index is -0.0939. The Morgan fingerprint density at radius 3 is 3.24 bits per heavy atom. The van der Waals surface area contributed by atoms with Gasteiger partial charge in [0.05, 0.1) is 6.10 Å². The molecule has 134 valence electrons. The predicted octanol–water partition coefficient (Wildman–Crippen LogP) is 2.52. The zero-order valence-electron chi connectivity index (χ0n) is 14.2. The molecule has 1 unspecified atom stereocenters. The van der Waals surface area contributed by atoms with Crippen molar-refractivity contribution in [3.8, 4) is 0 Å². The summed E-state index contributed by atoms with van der Waals surface area (Å²) in [6.45, 7) is 1.41. The molecule has 1 aliphatic heterocycles. The zero-order chi connectivity index (χ0) is 17.5. The lowest BCUT2D eigenvalue weighted by Gasteiger charge is -2.08. The van der Waals surface area contributed by atoms with E-state index in [0.717, 1.165) is 41.1 Å². The fourth-order valence-corrected chi connectivity index (χ4v) is 4.15. The quantitative estimate of drug-likeness (QED) is 0.565. The monoisotopic (exact) mass is 378 g/mol. The molecule has 1 saturated heterocycles. The first-order valence-electron chi connectivity index (χ1n) is 8.34. The molecule has 3 heterocycles. The van der Waals surface area contributed by atoms with Gasteiger partial charge >= 0.3 is 0 Å². The highest BCUT2D eigenvalue weighted by molar-refractivity contribution is 7.99. The third-order valence-electron chi connectivity index (χ3n) is 3.94. The molecule has 0 bridgehead atoms. The van der Waals surface area contributed by atoms with Crippen LogP contribution in [0.2, 0.25) is 0 Å². The van der Waals surface area contributed by atoms with Crippen molar-refractivity contribution < 1.29 is 9.53 Å². The van der Waals surface area contributed by atoms with Crippen molar-refractivity contribution in [2.24, 2.45) is 7.05 Å². The molecule has 25 heavy (non-hydrogen) atoms. The van der Waals surface area contributed by atoms with Crippen LogP contribution in [0, 0.1) is 0 Å². The summed E-state index contributed by atoms with van der Waals surface area (Å²) in [5.74, 6) is 1.69. The highest BCUT2D eigenvalue weighted by Gasteiger charge is 2.17. The smallest absolute Gasteiger partial charge is 0.244 e. The Balaban J connectivity index is 1.41. The first-order valence-corrected chi connectivity index (χ1v) is 10.2. The van der Waals surface area contributed by atoms with Crippen LogP contribution in [-0.2, 0) is 23.0 Å². The maximum Gasteiger partial charge on any atom is 0.244 e. The summed E-state index contributed by atoms with van der Waals surface area (Å²) in [7, 11) is 1.96. The lowest BCUT2D eigenvalue weighted by atomic mass is 10.3. The molecule has 1 N–H and O–H groups in total. The van der Waals surface area contributed by atoms with Crippen LogP contribution >= 0.6 is 23.1 Å². The fraction of sp³-hybridized carbons (Fsp3) is 0.471. The molecule has 0 radical (unpaired) electrons. The molecule has 1 aliphatic rings. The van der Waals surface area contributed by atoms with Gasteiger partial charge in [-0.1, -0.05) is 17.8 Å².